The van der Waals surface area contributed by atoms with Crippen LogP contribution < -0.4 is 0 Å². The first kappa shape index (κ1) is 15.2. The van der Waals surface area contributed by atoms with Crippen molar-refractivity contribution in [1.29, 1.82) is 0 Å². The van der Waals surface area contributed by atoms with Crippen molar-refractivity contribution < 1.29 is 4.79 Å². The highest BCUT2D eigenvalue weighted by Crippen LogP contribution is 2.14. The minimum Gasteiger partial charge on any atom is -0.340 e. The Morgan fingerprint density at radius 3 is 2.68 bits per heavy atom. The summed E-state index contributed by atoms with van der Waals surface area (Å²) >= 11 is 1.74. The lowest BCUT2D eigenvalue weighted by atomic mass is 10.1. The maximum Gasteiger partial charge on any atom is 0.227 e. The molecule has 2 aromatic rings. The molecule has 3 heterocycles. The third kappa shape index (κ3) is 3.39. The molecule has 0 aliphatic carbocycles. The fourth-order valence-electron chi connectivity index (χ4n) is 2.89. The topological polar surface area (TPSA) is 52.2 Å². The van der Waals surface area contributed by atoms with Gasteiger partial charge in [0.25, 0.3) is 0 Å². The molecule has 1 aliphatic rings. The number of thiophene rings is 1. The van der Waals surface area contributed by atoms with Crippen LogP contribution >= 0.6 is 11.3 Å². The molecule has 22 heavy (non-hydrogen) atoms. The molecule has 5 nitrogen and oxygen atoms in total. The molecule has 6 heteroatoms. The summed E-state index contributed by atoms with van der Waals surface area (Å²) < 4.78 is 0. The van der Waals surface area contributed by atoms with Crippen LogP contribution in [0.2, 0.25) is 0 Å². The molecule has 2 aromatic heterocycles. The minimum atomic E-state index is 0.211. The van der Waals surface area contributed by atoms with Crippen molar-refractivity contribution in [2.24, 2.45) is 0 Å². The van der Waals surface area contributed by atoms with E-state index in [9.17, 15) is 4.79 Å². The number of aryl methyl sites for hydroxylation is 2. The van der Waals surface area contributed by atoms with E-state index in [4.69, 9.17) is 0 Å². The van der Waals surface area contributed by atoms with Gasteiger partial charge in [-0.25, -0.2) is 0 Å². The monoisotopic (exact) mass is 318 g/mol. The Kier molecular flexibility index (Phi) is 4.59. The largest absolute Gasteiger partial charge is 0.340 e. The zero-order valence-corrected chi connectivity index (χ0v) is 13.9. The van der Waals surface area contributed by atoms with Gasteiger partial charge in [-0.2, -0.15) is 16.4 Å². The Morgan fingerprint density at radius 1 is 1.32 bits per heavy atom. The van der Waals surface area contributed by atoms with Gasteiger partial charge in [-0.05, 0) is 36.2 Å². The van der Waals surface area contributed by atoms with E-state index < -0.39 is 0 Å². The molecule has 0 saturated carbocycles. The Morgan fingerprint density at radius 2 is 2.09 bits per heavy atom. The average Bonchev–Trinajstić information content (AvgIpc) is 3.13. The zero-order valence-electron chi connectivity index (χ0n) is 13.1. The van der Waals surface area contributed by atoms with E-state index in [0.29, 0.717) is 6.42 Å². The third-order valence-electron chi connectivity index (χ3n) is 4.32. The molecule has 0 unspecified atom stereocenters. The minimum absolute atomic E-state index is 0.211. The van der Waals surface area contributed by atoms with Crippen molar-refractivity contribution >= 4 is 17.2 Å². The van der Waals surface area contributed by atoms with E-state index in [0.717, 1.165) is 49.7 Å². The smallest absolute Gasteiger partial charge is 0.227 e. The van der Waals surface area contributed by atoms with Crippen molar-refractivity contribution in [3.63, 3.8) is 0 Å². The Balaban J connectivity index is 1.51. The summed E-state index contributed by atoms with van der Waals surface area (Å²) in [5.41, 5.74) is 4.35. The number of aromatic nitrogens is 2. The van der Waals surface area contributed by atoms with Crippen molar-refractivity contribution in [1.82, 2.24) is 20.0 Å². The molecule has 3 rings (SSSR count). The second-order valence-electron chi connectivity index (χ2n) is 5.88. The number of hydrogen-bond acceptors (Lipinski definition) is 4. The Bertz CT molecular complexity index is 607. The molecular formula is C16H22N4OS. The fourth-order valence-corrected chi connectivity index (χ4v) is 3.55. The molecule has 0 spiro atoms. The van der Waals surface area contributed by atoms with Crippen LogP contribution in [0.25, 0.3) is 0 Å². The SMILES string of the molecule is Cc1n[nH]c(C)c1CC(=O)N1CCN(Cc2ccsc2)CC1. The summed E-state index contributed by atoms with van der Waals surface area (Å²) in [6.45, 7) is 8.45. The first-order valence-corrected chi connectivity index (χ1v) is 8.59. The Hall–Kier alpha value is -1.66. The fraction of sp³-hybridized carbons (Fsp3) is 0.500. The van der Waals surface area contributed by atoms with Crippen LogP contribution in [0, 0.1) is 13.8 Å². The maximum absolute atomic E-state index is 12.5. The lowest BCUT2D eigenvalue weighted by Gasteiger charge is -2.34. The summed E-state index contributed by atoms with van der Waals surface area (Å²) in [5.74, 6) is 0.211. The Labute approximate surface area is 134 Å². The highest BCUT2D eigenvalue weighted by atomic mass is 32.1. The van der Waals surface area contributed by atoms with Crippen molar-refractivity contribution in [3.05, 3.63) is 39.3 Å². The lowest BCUT2D eigenvalue weighted by Crippen LogP contribution is -2.48. The predicted octanol–water partition coefficient (Wildman–Crippen LogP) is 1.97. The van der Waals surface area contributed by atoms with Gasteiger partial charge in [0.15, 0.2) is 0 Å². The second-order valence-corrected chi connectivity index (χ2v) is 6.66. The summed E-state index contributed by atoms with van der Waals surface area (Å²) in [7, 11) is 0. The molecule has 0 bridgehead atoms. The first-order chi connectivity index (χ1) is 10.6. The van der Waals surface area contributed by atoms with Crippen LogP contribution in [0.5, 0.6) is 0 Å². The van der Waals surface area contributed by atoms with Gasteiger partial charge in [-0.3, -0.25) is 14.8 Å². The van der Waals surface area contributed by atoms with Crippen LogP contribution in [0.4, 0.5) is 0 Å². The number of amides is 1. The molecule has 1 fully saturated rings. The molecule has 0 radical (unpaired) electrons. The van der Waals surface area contributed by atoms with Gasteiger partial charge < -0.3 is 4.90 Å². The number of rotatable bonds is 4. The van der Waals surface area contributed by atoms with Gasteiger partial charge in [0.2, 0.25) is 5.91 Å². The molecule has 1 amide bonds. The van der Waals surface area contributed by atoms with Gasteiger partial charge in [0.05, 0.1) is 12.1 Å². The highest BCUT2D eigenvalue weighted by Gasteiger charge is 2.22. The van der Waals surface area contributed by atoms with Crippen molar-refractivity contribution in [3.8, 4) is 0 Å². The van der Waals surface area contributed by atoms with Gasteiger partial charge in [-0.15, -0.1) is 0 Å². The summed E-state index contributed by atoms with van der Waals surface area (Å²) in [4.78, 5) is 16.9. The molecule has 0 atom stereocenters. The van der Waals surface area contributed by atoms with E-state index in [-0.39, 0.29) is 5.91 Å². The maximum atomic E-state index is 12.5. The number of hydrogen-bond donors (Lipinski definition) is 1. The molecule has 1 aliphatic heterocycles. The van der Waals surface area contributed by atoms with Gasteiger partial charge in [-0.1, -0.05) is 0 Å². The third-order valence-corrected chi connectivity index (χ3v) is 5.05. The number of carbonyl (C=O) groups excluding carboxylic acids is 1. The van der Waals surface area contributed by atoms with E-state index >= 15 is 0 Å². The summed E-state index contributed by atoms with van der Waals surface area (Å²) in [5, 5.41) is 11.4. The van der Waals surface area contributed by atoms with E-state index in [2.05, 4.69) is 31.9 Å². The zero-order chi connectivity index (χ0) is 15.5. The van der Waals surface area contributed by atoms with Crippen molar-refractivity contribution in [2.75, 3.05) is 26.2 Å². The van der Waals surface area contributed by atoms with Crippen LogP contribution in [0.3, 0.4) is 0 Å². The number of nitrogens with zero attached hydrogens (tertiary/aromatic N) is 3. The highest BCUT2D eigenvalue weighted by molar-refractivity contribution is 7.07. The molecule has 0 aromatic carbocycles. The number of H-pyrrole nitrogens is 1. The molecule has 118 valence electrons. The quantitative estimate of drug-likeness (QED) is 0.938. The number of nitrogens with one attached hydrogen (secondary N) is 1. The van der Waals surface area contributed by atoms with Gasteiger partial charge in [0.1, 0.15) is 0 Å². The van der Waals surface area contributed by atoms with Crippen LogP contribution in [-0.4, -0.2) is 52.1 Å². The van der Waals surface area contributed by atoms with Crippen LogP contribution in [0.1, 0.15) is 22.5 Å². The van der Waals surface area contributed by atoms with Crippen molar-refractivity contribution in [2.45, 2.75) is 26.8 Å². The number of piperazine rings is 1. The van der Waals surface area contributed by atoms with E-state index in [1.165, 1.54) is 5.56 Å². The standard InChI is InChI=1S/C16H22N4OS/c1-12-15(13(2)18-17-12)9-16(21)20-6-4-19(5-7-20)10-14-3-8-22-11-14/h3,8,11H,4-7,9-10H2,1-2H3,(H,17,18). The number of carbonyl (C=O) groups is 1. The molecule has 1 N–H and O–H groups in total. The lowest BCUT2D eigenvalue weighted by molar-refractivity contribution is -0.132. The van der Waals surface area contributed by atoms with Crippen LogP contribution in [0.15, 0.2) is 16.8 Å². The predicted molar refractivity (Wildman–Crippen MR) is 87.9 cm³/mol. The normalized spacial score (nSPS) is 16.2. The van der Waals surface area contributed by atoms with E-state index in [1.807, 2.05) is 18.7 Å². The molecule has 1 saturated heterocycles. The average molecular weight is 318 g/mol. The summed E-state index contributed by atoms with van der Waals surface area (Å²) in [6.07, 6.45) is 0.457. The second kappa shape index (κ2) is 6.62. The summed E-state index contributed by atoms with van der Waals surface area (Å²) in [6, 6.07) is 2.17. The molecular weight excluding hydrogens is 296 g/mol. The van der Waals surface area contributed by atoms with Crippen LogP contribution in [-0.2, 0) is 17.8 Å². The van der Waals surface area contributed by atoms with E-state index in [1.54, 1.807) is 11.3 Å². The van der Waals surface area contributed by atoms with Gasteiger partial charge >= 0.3 is 0 Å². The number of aromatic amines is 1. The first-order valence-electron chi connectivity index (χ1n) is 7.65. The van der Waals surface area contributed by atoms with Gasteiger partial charge in [0, 0.05) is 44.0 Å².